The van der Waals surface area contributed by atoms with Crippen molar-refractivity contribution < 1.29 is 14.3 Å². The Kier molecular flexibility index (Phi) is 7.19. The Labute approximate surface area is 206 Å². The first-order valence-corrected chi connectivity index (χ1v) is 12.0. The van der Waals surface area contributed by atoms with Gasteiger partial charge in [0.25, 0.3) is 5.91 Å². The molecule has 6 nitrogen and oxygen atoms in total. The van der Waals surface area contributed by atoms with Gasteiger partial charge in [0.2, 0.25) is 0 Å². The first-order chi connectivity index (χ1) is 15.6. The summed E-state index contributed by atoms with van der Waals surface area (Å²) in [6, 6.07) is 15.5. The van der Waals surface area contributed by atoms with Crippen LogP contribution in [0.1, 0.15) is 10.4 Å². The zero-order valence-electron chi connectivity index (χ0n) is 18.3. The molecule has 0 unspecified atom stereocenters. The largest absolute Gasteiger partial charge is 0.493 e. The van der Waals surface area contributed by atoms with Crippen LogP contribution in [0.3, 0.4) is 0 Å². The number of para-hydroxylation sites is 3. The van der Waals surface area contributed by atoms with E-state index in [1.807, 2.05) is 36.4 Å². The van der Waals surface area contributed by atoms with E-state index >= 15 is 0 Å². The second kappa shape index (κ2) is 10.1. The van der Waals surface area contributed by atoms with Crippen LogP contribution in [-0.4, -0.2) is 43.1 Å². The van der Waals surface area contributed by atoms with Crippen LogP contribution in [-0.2, 0) is 17.8 Å². The predicted octanol–water partition coefficient (Wildman–Crippen LogP) is 5.46. The Morgan fingerprint density at radius 3 is 2.67 bits per heavy atom. The lowest BCUT2D eigenvalue weighted by atomic mass is 10.0. The molecule has 5 rings (SSSR count). The standard InChI is InChI=1S/C24H23N3O3S2.ClH/c1-27-12-11-15-20(13-27)32-24(22(15)23-25-16-7-3-6-10-19(16)31-23)26-21(28)14-30-18-9-5-4-8-17(18)29-2;/h3-10H,11-14H2,1-2H3,(H,26,28);1H. The van der Waals surface area contributed by atoms with Gasteiger partial charge < -0.3 is 19.7 Å². The van der Waals surface area contributed by atoms with Gasteiger partial charge in [-0.2, -0.15) is 0 Å². The number of fused-ring (bicyclic) bond motifs is 2. The van der Waals surface area contributed by atoms with Crippen molar-refractivity contribution in [2.75, 3.05) is 32.6 Å². The number of ether oxygens (including phenoxy) is 2. The fraction of sp³-hybridized carbons (Fsp3) is 0.250. The number of methoxy groups -OCH3 is 1. The average Bonchev–Trinajstić information content (AvgIpc) is 3.37. The molecule has 172 valence electrons. The molecule has 1 amide bonds. The van der Waals surface area contributed by atoms with E-state index in [0.29, 0.717) is 11.5 Å². The van der Waals surface area contributed by atoms with Crippen molar-refractivity contribution in [3.05, 3.63) is 59.0 Å². The topological polar surface area (TPSA) is 63.7 Å². The predicted molar refractivity (Wildman–Crippen MR) is 137 cm³/mol. The number of thiophene rings is 1. The number of thiazole rings is 1. The van der Waals surface area contributed by atoms with Crippen molar-refractivity contribution in [3.8, 4) is 22.1 Å². The van der Waals surface area contributed by atoms with Gasteiger partial charge >= 0.3 is 0 Å². The molecule has 0 atom stereocenters. The van der Waals surface area contributed by atoms with Crippen LogP contribution < -0.4 is 14.8 Å². The molecule has 0 aliphatic carbocycles. The molecule has 2 aromatic heterocycles. The summed E-state index contributed by atoms with van der Waals surface area (Å²) in [5.74, 6) is 0.943. The number of carbonyl (C=O) groups is 1. The minimum Gasteiger partial charge on any atom is -0.493 e. The molecule has 4 aromatic rings. The molecule has 0 fully saturated rings. The molecule has 0 radical (unpaired) electrons. The summed E-state index contributed by atoms with van der Waals surface area (Å²) < 4.78 is 12.2. The second-order valence-corrected chi connectivity index (χ2v) is 9.81. The molecule has 1 N–H and O–H groups in total. The molecular weight excluding hydrogens is 478 g/mol. The molecule has 0 saturated carbocycles. The van der Waals surface area contributed by atoms with E-state index in [2.05, 4.69) is 23.3 Å². The molecule has 9 heteroatoms. The Hall–Kier alpha value is -2.65. The van der Waals surface area contributed by atoms with Gasteiger partial charge in [0.1, 0.15) is 10.0 Å². The van der Waals surface area contributed by atoms with Crippen LogP contribution >= 0.6 is 35.1 Å². The number of nitrogens with zero attached hydrogens (tertiary/aromatic N) is 2. The third-order valence-corrected chi connectivity index (χ3v) is 7.62. The third-order valence-electron chi connectivity index (χ3n) is 5.44. The molecule has 0 spiro atoms. The molecule has 33 heavy (non-hydrogen) atoms. The van der Waals surface area contributed by atoms with Crippen molar-refractivity contribution in [3.63, 3.8) is 0 Å². The fourth-order valence-electron chi connectivity index (χ4n) is 3.87. The highest BCUT2D eigenvalue weighted by atomic mass is 35.5. The van der Waals surface area contributed by atoms with Crippen molar-refractivity contribution in [1.82, 2.24) is 9.88 Å². The maximum atomic E-state index is 12.8. The van der Waals surface area contributed by atoms with Gasteiger partial charge in [0, 0.05) is 23.5 Å². The molecule has 1 aliphatic rings. The number of benzene rings is 2. The highest BCUT2D eigenvalue weighted by molar-refractivity contribution is 7.22. The third kappa shape index (κ3) is 4.84. The number of carbonyl (C=O) groups excluding carboxylic acids is 1. The molecule has 2 aromatic carbocycles. The Morgan fingerprint density at radius 2 is 1.88 bits per heavy atom. The number of hydrogen-bond acceptors (Lipinski definition) is 7. The zero-order chi connectivity index (χ0) is 22.1. The van der Waals surface area contributed by atoms with E-state index < -0.39 is 0 Å². The minimum absolute atomic E-state index is 0. The lowest BCUT2D eigenvalue weighted by molar-refractivity contribution is -0.118. The smallest absolute Gasteiger partial charge is 0.262 e. The highest BCUT2D eigenvalue weighted by Crippen LogP contribution is 2.45. The first kappa shape index (κ1) is 23.5. The van der Waals surface area contributed by atoms with E-state index in [4.69, 9.17) is 14.5 Å². The van der Waals surface area contributed by atoms with Crippen molar-refractivity contribution in [1.29, 1.82) is 0 Å². The van der Waals surface area contributed by atoms with Crippen LogP contribution in [0, 0.1) is 0 Å². The van der Waals surface area contributed by atoms with Gasteiger partial charge in [-0.05, 0) is 43.3 Å². The summed E-state index contributed by atoms with van der Waals surface area (Å²) in [4.78, 5) is 21.3. The quantitative estimate of drug-likeness (QED) is 0.380. The number of halogens is 1. The summed E-state index contributed by atoms with van der Waals surface area (Å²) >= 11 is 3.31. The maximum Gasteiger partial charge on any atom is 0.262 e. The average molecular weight is 502 g/mol. The number of hydrogen-bond donors (Lipinski definition) is 1. The van der Waals surface area contributed by atoms with E-state index in [1.54, 1.807) is 35.8 Å². The van der Waals surface area contributed by atoms with Crippen molar-refractivity contribution in [2.45, 2.75) is 13.0 Å². The molecule has 0 saturated heterocycles. The van der Waals surface area contributed by atoms with Gasteiger partial charge in [0.05, 0.1) is 17.3 Å². The van der Waals surface area contributed by atoms with E-state index in [9.17, 15) is 4.79 Å². The van der Waals surface area contributed by atoms with Crippen LogP contribution in [0.25, 0.3) is 20.8 Å². The van der Waals surface area contributed by atoms with Gasteiger partial charge in [-0.15, -0.1) is 35.1 Å². The van der Waals surface area contributed by atoms with Crippen LogP contribution in [0.2, 0.25) is 0 Å². The summed E-state index contributed by atoms with van der Waals surface area (Å²) in [5.41, 5.74) is 3.34. The Bertz CT molecular complexity index is 1250. The Morgan fingerprint density at radius 1 is 1.12 bits per heavy atom. The normalized spacial score (nSPS) is 13.3. The molecule has 1 aliphatic heterocycles. The van der Waals surface area contributed by atoms with Gasteiger partial charge in [-0.1, -0.05) is 24.3 Å². The van der Waals surface area contributed by atoms with E-state index in [0.717, 1.165) is 45.3 Å². The first-order valence-electron chi connectivity index (χ1n) is 10.4. The number of amides is 1. The lowest BCUT2D eigenvalue weighted by Crippen LogP contribution is -2.25. The van der Waals surface area contributed by atoms with Crippen molar-refractivity contribution >= 4 is 56.2 Å². The zero-order valence-corrected chi connectivity index (χ0v) is 20.7. The number of nitrogens with one attached hydrogen (secondary N) is 1. The lowest BCUT2D eigenvalue weighted by Gasteiger charge is -2.22. The summed E-state index contributed by atoms with van der Waals surface area (Å²) in [6.07, 6.45) is 0.946. The molecule has 3 heterocycles. The number of rotatable bonds is 6. The highest BCUT2D eigenvalue weighted by Gasteiger charge is 2.26. The van der Waals surface area contributed by atoms with Crippen LogP contribution in [0.5, 0.6) is 11.5 Å². The monoisotopic (exact) mass is 501 g/mol. The van der Waals surface area contributed by atoms with E-state index in [-0.39, 0.29) is 24.9 Å². The number of likely N-dealkylation sites (N-methyl/N-ethyl adjacent to an activating group) is 1. The van der Waals surface area contributed by atoms with Crippen LogP contribution in [0.15, 0.2) is 48.5 Å². The Balaban J connectivity index is 0.00000259. The van der Waals surface area contributed by atoms with E-state index in [1.165, 1.54) is 10.4 Å². The van der Waals surface area contributed by atoms with Gasteiger partial charge in [-0.25, -0.2) is 4.98 Å². The van der Waals surface area contributed by atoms with Crippen molar-refractivity contribution in [2.24, 2.45) is 0 Å². The summed E-state index contributed by atoms with van der Waals surface area (Å²) in [7, 11) is 3.71. The summed E-state index contributed by atoms with van der Waals surface area (Å²) in [5, 5.41) is 4.89. The van der Waals surface area contributed by atoms with Gasteiger partial charge in [-0.3, -0.25) is 4.79 Å². The SMILES string of the molecule is COc1ccccc1OCC(=O)Nc1sc2c(c1-c1nc3ccccc3s1)CCN(C)C2.Cl. The molecular formula is C24H24ClN3O3S2. The second-order valence-electron chi connectivity index (χ2n) is 7.67. The fourth-order valence-corrected chi connectivity index (χ4v) is 6.32. The van der Waals surface area contributed by atoms with Crippen LogP contribution in [0.4, 0.5) is 5.00 Å². The van der Waals surface area contributed by atoms with Gasteiger partial charge in [0.15, 0.2) is 18.1 Å². The maximum absolute atomic E-state index is 12.8. The number of aromatic nitrogens is 1. The minimum atomic E-state index is -0.204. The summed E-state index contributed by atoms with van der Waals surface area (Å²) in [6.45, 7) is 1.78. The number of anilines is 1. The molecule has 0 bridgehead atoms.